The van der Waals surface area contributed by atoms with Crippen LogP contribution in [0.2, 0.25) is 0 Å². The van der Waals surface area contributed by atoms with E-state index in [-0.39, 0.29) is 18.4 Å². The lowest BCUT2D eigenvalue weighted by molar-refractivity contribution is -0.117. The van der Waals surface area contributed by atoms with E-state index in [2.05, 4.69) is 15.5 Å². The number of aromatic nitrogens is 2. The molecular weight excluding hydrogens is 316 g/mol. The molecule has 0 saturated heterocycles. The van der Waals surface area contributed by atoms with Gasteiger partial charge in [-0.05, 0) is 30.5 Å². The van der Waals surface area contributed by atoms with Crippen LogP contribution in [0.3, 0.4) is 0 Å². The molecule has 0 bridgehead atoms. The van der Waals surface area contributed by atoms with Crippen molar-refractivity contribution in [2.75, 3.05) is 18.0 Å². The Labute approximate surface area is 144 Å². The van der Waals surface area contributed by atoms with Gasteiger partial charge in [0.1, 0.15) is 0 Å². The number of fused-ring (bicyclic) bond motifs is 2. The highest BCUT2D eigenvalue weighted by molar-refractivity contribution is 6.07. The van der Waals surface area contributed by atoms with Crippen molar-refractivity contribution in [3.63, 3.8) is 0 Å². The molecule has 0 fully saturated rings. The van der Waals surface area contributed by atoms with Crippen LogP contribution >= 0.6 is 0 Å². The third kappa shape index (κ3) is 2.87. The van der Waals surface area contributed by atoms with E-state index >= 15 is 0 Å². The van der Waals surface area contributed by atoms with Gasteiger partial charge in [-0.15, -0.1) is 0 Å². The molecule has 25 heavy (non-hydrogen) atoms. The SMILES string of the molecule is O=C(NCC(=O)N1CCCc2ccccc21)c1cccc2cn[nH]c12. The maximum atomic E-state index is 12.6. The minimum atomic E-state index is -0.284. The summed E-state index contributed by atoms with van der Waals surface area (Å²) in [6.07, 6.45) is 3.58. The van der Waals surface area contributed by atoms with Gasteiger partial charge in [-0.3, -0.25) is 14.7 Å². The van der Waals surface area contributed by atoms with E-state index < -0.39 is 0 Å². The second-order valence-electron chi connectivity index (χ2n) is 6.10. The van der Waals surface area contributed by atoms with Crippen molar-refractivity contribution in [2.45, 2.75) is 12.8 Å². The van der Waals surface area contributed by atoms with Gasteiger partial charge in [0.05, 0.1) is 23.8 Å². The fraction of sp³-hybridized carbons (Fsp3) is 0.211. The van der Waals surface area contributed by atoms with Crippen LogP contribution in [-0.2, 0) is 11.2 Å². The highest BCUT2D eigenvalue weighted by Gasteiger charge is 2.22. The summed E-state index contributed by atoms with van der Waals surface area (Å²) in [5.74, 6) is -0.384. The van der Waals surface area contributed by atoms with Gasteiger partial charge in [0.2, 0.25) is 5.91 Å². The van der Waals surface area contributed by atoms with E-state index in [0.29, 0.717) is 17.6 Å². The van der Waals surface area contributed by atoms with Crippen molar-refractivity contribution in [2.24, 2.45) is 0 Å². The minimum absolute atomic E-state index is 0.0301. The van der Waals surface area contributed by atoms with E-state index in [1.165, 1.54) is 5.56 Å². The second-order valence-corrected chi connectivity index (χ2v) is 6.10. The van der Waals surface area contributed by atoms with Gasteiger partial charge in [0.15, 0.2) is 0 Å². The third-order valence-electron chi connectivity index (χ3n) is 4.53. The Bertz CT molecular complexity index is 947. The van der Waals surface area contributed by atoms with Crippen LogP contribution in [-0.4, -0.2) is 35.1 Å². The first-order valence-electron chi connectivity index (χ1n) is 8.32. The largest absolute Gasteiger partial charge is 0.343 e. The Kier molecular flexibility index (Phi) is 3.93. The summed E-state index contributed by atoms with van der Waals surface area (Å²) >= 11 is 0. The van der Waals surface area contributed by atoms with E-state index in [9.17, 15) is 9.59 Å². The molecule has 6 nitrogen and oxygen atoms in total. The van der Waals surface area contributed by atoms with Crippen molar-refractivity contribution in [3.05, 3.63) is 59.8 Å². The zero-order valence-corrected chi connectivity index (χ0v) is 13.7. The lowest BCUT2D eigenvalue weighted by Gasteiger charge is -2.29. The highest BCUT2D eigenvalue weighted by Crippen LogP contribution is 2.26. The standard InChI is InChI=1S/C19H18N4O2/c24-17(23-10-4-7-13-5-1-2-9-16(13)23)12-20-19(25)15-8-3-6-14-11-21-22-18(14)15/h1-3,5-6,8-9,11H,4,7,10,12H2,(H,20,25)(H,21,22). The molecule has 6 heteroatoms. The number of hydrogen-bond acceptors (Lipinski definition) is 3. The Hall–Kier alpha value is -3.15. The van der Waals surface area contributed by atoms with Gasteiger partial charge in [0, 0.05) is 17.6 Å². The lowest BCUT2D eigenvalue weighted by atomic mass is 10.0. The summed E-state index contributed by atoms with van der Waals surface area (Å²) < 4.78 is 0. The molecule has 0 aliphatic carbocycles. The van der Waals surface area contributed by atoms with E-state index in [1.807, 2.05) is 30.3 Å². The molecule has 2 heterocycles. The van der Waals surface area contributed by atoms with Crippen molar-refractivity contribution in [1.29, 1.82) is 0 Å². The van der Waals surface area contributed by atoms with E-state index in [4.69, 9.17) is 0 Å². The molecule has 1 aromatic heterocycles. The molecule has 1 aliphatic heterocycles. The van der Waals surface area contributed by atoms with Gasteiger partial charge in [0.25, 0.3) is 5.91 Å². The fourth-order valence-corrected chi connectivity index (χ4v) is 3.30. The number of nitrogens with zero attached hydrogens (tertiary/aromatic N) is 2. The monoisotopic (exact) mass is 334 g/mol. The molecule has 1 aliphatic rings. The first kappa shape index (κ1) is 15.4. The number of hydrogen-bond donors (Lipinski definition) is 2. The van der Waals surface area contributed by atoms with Gasteiger partial charge in [-0.2, -0.15) is 5.10 Å². The first-order valence-corrected chi connectivity index (χ1v) is 8.32. The molecular formula is C19H18N4O2. The lowest BCUT2D eigenvalue weighted by Crippen LogP contribution is -2.42. The topological polar surface area (TPSA) is 78.1 Å². The van der Waals surface area contributed by atoms with Gasteiger partial charge >= 0.3 is 0 Å². The predicted octanol–water partition coefficient (Wildman–Crippen LogP) is 2.27. The molecule has 0 saturated carbocycles. The van der Waals surface area contributed by atoms with E-state index in [1.54, 1.807) is 23.2 Å². The number of H-pyrrole nitrogens is 1. The van der Waals surface area contributed by atoms with Crippen molar-refractivity contribution >= 4 is 28.4 Å². The van der Waals surface area contributed by atoms with Crippen LogP contribution in [0.25, 0.3) is 10.9 Å². The molecule has 4 rings (SSSR count). The molecule has 0 atom stereocenters. The number of benzene rings is 2. The number of rotatable bonds is 3. The molecule has 2 amide bonds. The van der Waals surface area contributed by atoms with Crippen LogP contribution in [0.5, 0.6) is 0 Å². The number of para-hydroxylation sites is 2. The highest BCUT2D eigenvalue weighted by atomic mass is 16.2. The van der Waals surface area contributed by atoms with Crippen LogP contribution in [0.1, 0.15) is 22.3 Å². The molecule has 0 unspecified atom stereocenters. The van der Waals surface area contributed by atoms with Crippen LogP contribution in [0, 0.1) is 0 Å². The quantitative estimate of drug-likeness (QED) is 0.771. The maximum Gasteiger partial charge on any atom is 0.253 e. The Morgan fingerprint density at radius 1 is 1.16 bits per heavy atom. The van der Waals surface area contributed by atoms with E-state index in [0.717, 1.165) is 23.9 Å². The molecule has 2 aromatic carbocycles. The van der Waals surface area contributed by atoms with Crippen molar-refractivity contribution < 1.29 is 9.59 Å². The number of anilines is 1. The van der Waals surface area contributed by atoms with Crippen molar-refractivity contribution in [3.8, 4) is 0 Å². The number of aromatic amines is 1. The van der Waals surface area contributed by atoms with Crippen LogP contribution < -0.4 is 10.2 Å². The summed E-state index contributed by atoms with van der Waals surface area (Å²) in [7, 11) is 0. The normalized spacial score (nSPS) is 13.5. The van der Waals surface area contributed by atoms with Crippen LogP contribution in [0.4, 0.5) is 5.69 Å². The maximum absolute atomic E-state index is 12.6. The zero-order valence-electron chi connectivity index (χ0n) is 13.7. The Morgan fingerprint density at radius 2 is 2.04 bits per heavy atom. The zero-order chi connectivity index (χ0) is 17.2. The second kappa shape index (κ2) is 6.39. The first-order chi connectivity index (χ1) is 12.2. The van der Waals surface area contributed by atoms with Crippen LogP contribution in [0.15, 0.2) is 48.7 Å². The average Bonchev–Trinajstić information content (AvgIpc) is 3.14. The summed E-state index contributed by atoms with van der Waals surface area (Å²) in [4.78, 5) is 26.8. The smallest absolute Gasteiger partial charge is 0.253 e. The fourth-order valence-electron chi connectivity index (χ4n) is 3.30. The third-order valence-corrected chi connectivity index (χ3v) is 4.53. The Morgan fingerprint density at radius 3 is 2.96 bits per heavy atom. The summed E-state index contributed by atoms with van der Waals surface area (Å²) in [5.41, 5.74) is 3.29. The van der Waals surface area contributed by atoms with Gasteiger partial charge < -0.3 is 10.2 Å². The summed E-state index contributed by atoms with van der Waals surface area (Å²) in [6.45, 7) is 0.652. The number of amides is 2. The predicted molar refractivity (Wildman–Crippen MR) is 95.5 cm³/mol. The number of carbonyl (C=O) groups excluding carboxylic acids is 2. The Balaban J connectivity index is 1.48. The molecule has 2 N–H and O–H groups in total. The number of carbonyl (C=O) groups is 2. The minimum Gasteiger partial charge on any atom is -0.343 e. The molecule has 0 spiro atoms. The number of aryl methyl sites for hydroxylation is 1. The van der Waals surface area contributed by atoms with Crippen molar-refractivity contribution in [1.82, 2.24) is 15.5 Å². The molecule has 3 aromatic rings. The molecule has 0 radical (unpaired) electrons. The summed E-state index contributed by atoms with van der Waals surface area (Å²) in [5, 5.41) is 10.4. The van der Waals surface area contributed by atoms with Gasteiger partial charge in [-0.25, -0.2) is 0 Å². The summed E-state index contributed by atoms with van der Waals surface area (Å²) in [6, 6.07) is 13.3. The molecule has 126 valence electrons. The number of nitrogens with one attached hydrogen (secondary N) is 2. The average molecular weight is 334 g/mol. The van der Waals surface area contributed by atoms with Gasteiger partial charge in [-0.1, -0.05) is 30.3 Å².